The average molecular weight is 789 g/mol. The number of hydrogen-bond donors (Lipinski definition) is 0. The van der Waals surface area contributed by atoms with Crippen molar-refractivity contribution in [2.45, 2.75) is 39.9 Å². The first-order valence-electron chi connectivity index (χ1n) is 20.3. The van der Waals surface area contributed by atoms with E-state index in [9.17, 15) is 0 Å². The number of aromatic nitrogens is 1. The van der Waals surface area contributed by atoms with Gasteiger partial charge in [0.1, 0.15) is 11.5 Å². The van der Waals surface area contributed by atoms with Gasteiger partial charge in [-0.3, -0.25) is 0 Å². The van der Waals surface area contributed by atoms with Gasteiger partial charge in [0, 0.05) is 48.4 Å². The van der Waals surface area contributed by atoms with E-state index in [1.807, 2.05) is 22.7 Å². The third-order valence-corrected chi connectivity index (χ3v) is 15.1. The van der Waals surface area contributed by atoms with Crippen LogP contribution in [0.5, 0.6) is 11.5 Å². The predicted octanol–water partition coefficient (Wildman–Crippen LogP) is 12.7. The van der Waals surface area contributed by atoms with Crippen LogP contribution in [0, 0.1) is 11.7 Å². The largest absolute Gasteiger partial charge is 0.497 e. The molecule has 7 heteroatoms. The SMILES string of the molecule is CCc1ccc(C2=[N+]3C(=Cc4c5ccc(OC)cc5c(-c5ccc(CC)s5)n4[B-]3(C#Cc3ccc4ccc5cccc6ccc3c4c56)CC)c3ccc(OC)cc32)s1. The Kier molecular flexibility index (Phi) is 8.02. The standard InChI is InChI=1S/C51H41BN2O2S2/c1-6-37-19-24-46(57-37)50-42-28-35(55-4)17-22-40(42)44-30-45-41-23-18-36(56-5)29-43(41)51(47-25-20-38(7-2)58-47)54(45)52(8-3,53(44)50)27-26-31-12-13-34-15-14-32-10-9-11-33-16-21-39(31)49(34)48(32)33/h9-25,28-30H,6-8H2,1-5H3. The molecule has 6 aromatic carbocycles. The van der Waals surface area contributed by atoms with E-state index in [1.165, 1.54) is 96.5 Å². The number of methoxy groups -OCH3 is 2. The van der Waals surface area contributed by atoms with E-state index in [2.05, 4.69) is 163 Å². The van der Waals surface area contributed by atoms with Crippen LogP contribution in [0.4, 0.5) is 0 Å². The minimum Gasteiger partial charge on any atom is -0.497 e. The summed E-state index contributed by atoms with van der Waals surface area (Å²) in [6, 6.07) is 42.5. The molecule has 5 heterocycles. The lowest BCUT2D eigenvalue weighted by atomic mass is 9.42. The Balaban J connectivity index is 1.30. The van der Waals surface area contributed by atoms with Gasteiger partial charge in [0.25, 0.3) is 0 Å². The molecule has 0 saturated carbocycles. The summed E-state index contributed by atoms with van der Waals surface area (Å²) in [7, 11) is 3.52. The van der Waals surface area contributed by atoms with Crippen molar-refractivity contribution < 1.29 is 14.0 Å². The van der Waals surface area contributed by atoms with E-state index in [-0.39, 0.29) is 0 Å². The fraction of sp³-hybridized carbons (Fsp3) is 0.157. The highest BCUT2D eigenvalue weighted by Crippen LogP contribution is 2.49. The van der Waals surface area contributed by atoms with E-state index >= 15 is 0 Å². The van der Waals surface area contributed by atoms with Crippen molar-refractivity contribution in [3.63, 3.8) is 0 Å². The van der Waals surface area contributed by atoms with Crippen LogP contribution in [0.25, 0.3) is 65.4 Å². The van der Waals surface area contributed by atoms with Crippen LogP contribution in [0.1, 0.15) is 57.8 Å². The van der Waals surface area contributed by atoms with Gasteiger partial charge in [0.2, 0.25) is 0 Å². The second kappa shape index (κ2) is 13.2. The van der Waals surface area contributed by atoms with Gasteiger partial charge in [-0.05, 0) is 112 Å². The molecule has 282 valence electrons. The van der Waals surface area contributed by atoms with E-state index in [0.29, 0.717) is 0 Å². The van der Waals surface area contributed by atoms with Gasteiger partial charge in [-0.2, -0.15) is 0 Å². The molecule has 3 aromatic heterocycles. The van der Waals surface area contributed by atoms with Crippen LogP contribution in [0.3, 0.4) is 0 Å². The number of benzene rings is 6. The van der Waals surface area contributed by atoms with Gasteiger partial charge in [0.15, 0.2) is 11.4 Å². The molecule has 0 fully saturated rings. The van der Waals surface area contributed by atoms with Gasteiger partial charge in [-0.25, -0.2) is 5.82 Å². The maximum absolute atomic E-state index is 5.91. The van der Waals surface area contributed by atoms with Crippen molar-refractivity contribution in [1.29, 1.82) is 0 Å². The molecule has 1 unspecified atom stereocenters. The molecule has 0 aliphatic carbocycles. The third kappa shape index (κ3) is 4.92. The molecule has 58 heavy (non-hydrogen) atoms. The van der Waals surface area contributed by atoms with Crippen LogP contribution < -0.4 is 9.47 Å². The normalized spacial score (nSPS) is 15.8. The number of ether oxygens (including phenoxy) is 2. The van der Waals surface area contributed by atoms with Crippen LogP contribution >= 0.6 is 22.7 Å². The van der Waals surface area contributed by atoms with Gasteiger partial charge in [0.05, 0.1) is 30.2 Å². The molecular weight excluding hydrogens is 748 g/mol. The Morgan fingerprint density at radius 2 is 1.29 bits per heavy atom. The predicted molar refractivity (Wildman–Crippen MR) is 248 cm³/mol. The molecule has 11 rings (SSSR count). The molecule has 0 amide bonds. The zero-order valence-electron chi connectivity index (χ0n) is 33.3. The molecule has 2 aliphatic heterocycles. The number of aryl methyl sites for hydroxylation is 2. The van der Waals surface area contributed by atoms with Crippen molar-refractivity contribution in [2.75, 3.05) is 14.2 Å². The maximum Gasteiger partial charge on any atom is 0.449 e. The molecule has 0 radical (unpaired) electrons. The quantitative estimate of drug-likeness (QED) is 0.0913. The second-order valence-corrected chi connectivity index (χ2v) is 17.8. The summed E-state index contributed by atoms with van der Waals surface area (Å²) in [5.41, 5.74) is 8.19. The zero-order valence-corrected chi connectivity index (χ0v) is 34.9. The minimum absolute atomic E-state index is 0.779. The summed E-state index contributed by atoms with van der Waals surface area (Å²) >= 11 is 3.77. The van der Waals surface area contributed by atoms with E-state index < -0.39 is 6.42 Å². The minimum atomic E-state index is -1.88. The highest BCUT2D eigenvalue weighted by molar-refractivity contribution is 7.15. The number of nitrogens with zero attached hydrogens (tertiary/aromatic N) is 2. The number of hydrogen-bond acceptors (Lipinski definition) is 4. The summed E-state index contributed by atoms with van der Waals surface area (Å²) in [5, 5.41) is 9.93. The number of thiophene rings is 2. The lowest BCUT2D eigenvalue weighted by molar-refractivity contribution is -0.284. The first-order chi connectivity index (χ1) is 28.5. The van der Waals surface area contributed by atoms with Crippen molar-refractivity contribution in [2.24, 2.45) is 0 Å². The molecule has 0 saturated heterocycles. The summed E-state index contributed by atoms with van der Waals surface area (Å²) in [6.45, 7) is 6.81. The van der Waals surface area contributed by atoms with Crippen molar-refractivity contribution in [3.8, 4) is 33.8 Å². The van der Waals surface area contributed by atoms with Gasteiger partial charge in [-0.15, -0.1) is 28.6 Å². The first kappa shape index (κ1) is 35.1. The Bertz CT molecular complexity index is 3280. The fourth-order valence-corrected chi connectivity index (χ4v) is 11.9. The topological polar surface area (TPSA) is 26.4 Å². The van der Waals surface area contributed by atoms with Crippen molar-refractivity contribution >= 4 is 89.7 Å². The molecule has 0 bridgehead atoms. The van der Waals surface area contributed by atoms with Crippen LogP contribution in [0.2, 0.25) is 6.32 Å². The summed E-state index contributed by atoms with van der Waals surface area (Å²) in [6.07, 6.45) is 3.30. The number of rotatable bonds is 7. The molecule has 1 atom stereocenters. The van der Waals surface area contributed by atoms with Gasteiger partial charge in [-0.1, -0.05) is 75.6 Å². The molecular formula is C51H41BN2O2S2. The van der Waals surface area contributed by atoms with Crippen molar-refractivity contribution in [3.05, 3.63) is 152 Å². The average Bonchev–Trinajstić information content (AvgIpc) is 4.08. The van der Waals surface area contributed by atoms with Gasteiger partial charge < -0.3 is 18.4 Å². The Hall–Kier alpha value is -6.07. The number of fused-ring (bicyclic) bond motifs is 6. The smallest absolute Gasteiger partial charge is 0.449 e. The molecule has 0 N–H and O–H groups in total. The Labute approximate surface area is 346 Å². The lowest BCUT2D eigenvalue weighted by Crippen LogP contribution is -2.56. The summed E-state index contributed by atoms with van der Waals surface area (Å²) < 4.78 is 17.1. The lowest BCUT2D eigenvalue weighted by Gasteiger charge is -2.39. The highest BCUT2D eigenvalue weighted by atomic mass is 32.1. The highest BCUT2D eigenvalue weighted by Gasteiger charge is 2.51. The maximum atomic E-state index is 5.91. The second-order valence-electron chi connectivity index (χ2n) is 15.5. The Morgan fingerprint density at radius 3 is 2.02 bits per heavy atom. The summed E-state index contributed by atoms with van der Waals surface area (Å²) in [4.78, 5) is 5.21. The van der Waals surface area contributed by atoms with Crippen LogP contribution in [-0.4, -0.2) is 35.3 Å². The zero-order chi connectivity index (χ0) is 39.3. The van der Waals surface area contributed by atoms with Crippen LogP contribution in [-0.2, 0) is 12.8 Å². The summed E-state index contributed by atoms with van der Waals surface area (Å²) in [5.74, 6) is 9.84. The monoisotopic (exact) mass is 788 g/mol. The molecule has 9 aromatic rings. The molecule has 0 spiro atoms. The first-order valence-corrected chi connectivity index (χ1v) is 22.0. The van der Waals surface area contributed by atoms with E-state index in [4.69, 9.17) is 9.47 Å². The fourth-order valence-electron chi connectivity index (χ4n) is 9.85. The van der Waals surface area contributed by atoms with Gasteiger partial charge >= 0.3 is 6.42 Å². The van der Waals surface area contributed by atoms with E-state index in [1.54, 1.807) is 14.2 Å². The van der Waals surface area contributed by atoms with Crippen molar-refractivity contribution in [1.82, 2.24) is 4.48 Å². The van der Waals surface area contributed by atoms with Crippen LogP contribution in [0.15, 0.2) is 115 Å². The molecule has 4 nitrogen and oxygen atoms in total. The Morgan fingerprint density at radius 1 is 0.638 bits per heavy atom. The third-order valence-electron chi connectivity index (χ3n) is 12.7. The van der Waals surface area contributed by atoms with E-state index in [0.717, 1.165) is 36.2 Å². The molecule has 2 aliphatic rings.